The zero-order chi connectivity index (χ0) is 17.6. The zero-order valence-electron chi connectivity index (χ0n) is 14.9. The highest BCUT2D eigenvalue weighted by Crippen LogP contribution is 2.23. The molecule has 8 nitrogen and oxygen atoms in total. The third-order valence-electron chi connectivity index (χ3n) is 4.70. The number of carbonyl (C=O) groups excluding carboxylic acids is 1. The molecule has 0 aliphatic carbocycles. The summed E-state index contributed by atoms with van der Waals surface area (Å²) >= 11 is 0. The summed E-state index contributed by atoms with van der Waals surface area (Å²) in [5, 5.41) is 8.37. The van der Waals surface area contributed by atoms with E-state index in [0.717, 1.165) is 42.8 Å². The van der Waals surface area contributed by atoms with Crippen molar-refractivity contribution in [2.24, 2.45) is 5.92 Å². The van der Waals surface area contributed by atoms with Crippen molar-refractivity contribution in [3.05, 3.63) is 12.5 Å². The van der Waals surface area contributed by atoms with Gasteiger partial charge in [-0.15, -0.1) is 0 Å². The molecule has 3 rings (SSSR count). The number of amides is 1. The molecule has 1 aliphatic heterocycles. The number of aromatic nitrogens is 4. The lowest BCUT2D eigenvalue weighted by molar-refractivity contribution is -0.125. The zero-order valence-corrected chi connectivity index (χ0v) is 14.9. The third kappa shape index (κ3) is 3.89. The summed E-state index contributed by atoms with van der Waals surface area (Å²) in [4.78, 5) is 23.1. The molecule has 0 saturated carbocycles. The normalized spacial score (nSPS) is 15.1. The quantitative estimate of drug-likeness (QED) is 0.811. The Hall–Kier alpha value is -2.22. The van der Waals surface area contributed by atoms with Gasteiger partial charge >= 0.3 is 0 Å². The van der Waals surface area contributed by atoms with Crippen LogP contribution < -0.4 is 10.2 Å². The second-order valence-electron chi connectivity index (χ2n) is 6.21. The maximum absolute atomic E-state index is 12.1. The van der Waals surface area contributed by atoms with Crippen LogP contribution in [-0.2, 0) is 16.1 Å². The van der Waals surface area contributed by atoms with E-state index in [1.807, 2.05) is 24.7 Å². The van der Waals surface area contributed by atoms with Crippen LogP contribution in [0.4, 0.5) is 5.82 Å². The Morgan fingerprint density at radius 3 is 2.76 bits per heavy atom. The second-order valence-corrected chi connectivity index (χ2v) is 6.21. The molecule has 136 valence electrons. The van der Waals surface area contributed by atoms with Crippen LogP contribution in [0, 0.1) is 5.92 Å². The van der Waals surface area contributed by atoms with Crippen molar-refractivity contribution in [3.63, 3.8) is 0 Å². The minimum absolute atomic E-state index is 0.0876. The van der Waals surface area contributed by atoms with Crippen molar-refractivity contribution in [3.8, 4) is 0 Å². The highest BCUT2D eigenvalue weighted by molar-refractivity contribution is 5.86. The Kier molecular flexibility index (Phi) is 5.80. The lowest BCUT2D eigenvalue weighted by Crippen LogP contribution is -2.36. The molecular weight excluding hydrogens is 320 g/mol. The van der Waals surface area contributed by atoms with Gasteiger partial charge in [-0.05, 0) is 12.8 Å². The summed E-state index contributed by atoms with van der Waals surface area (Å²) in [6, 6.07) is 0. The Morgan fingerprint density at radius 2 is 2.04 bits per heavy atom. The van der Waals surface area contributed by atoms with E-state index >= 15 is 0 Å². The van der Waals surface area contributed by atoms with Gasteiger partial charge < -0.3 is 15.0 Å². The molecule has 3 heterocycles. The van der Waals surface area contributed by atoms with Crippen LogP contribution in [0.5, 0.6) is 0 Å². The largest absolute Gasteiger partial charge is 0.378 e. The first-order chi connectivity index (χ1) is 12.2. The van der Waals surface area contributed by atoms with Crippen molar-refractivity contribution < 1.29 is 9.53 Å². The number of morpholine rings is 1. The topological polar surface area (TPSA) is 85.2 Å². The van der Waals surface area contributed by atoms with Gasteiger partial charge in [0.25, 0.3) is 0 Å². The lowest BCUT2D eigenvalue weighted by Gasteiger charge is -2.27. The molecule has 25 heavy (non-hydrogen) atoms. The molecule has 8 heteroatoms. The molecule has 1 N–H and O–H groups in total. The van der Waals surface area contributed by atoms with Gasteiger partial charge in [0, 0.05) is 25.6 Å². The number of anilines is 1. The first-order valence-corrected chi connectivity index (χ1v) is 9.01. The number of fused-ring (bicyclic) bond motifs is 1. The lowest BCUT2D eigenvalue weighted by atomic mass is 10.0. The molecule has 0 unspecified atom stereocenters. The van der Waals surface area contributed by atoms with Crippen LogP contribution in [-0.4, -0.2) is 58.5 Å². The van der Waals surface area contributed by atoms with Crippen LogP contribution in [0.25, 0.3) is 11.0 Å². The molecule has 1 fully saturated rings. The second kappa shape index (κ2) is 8.24. The van der Waals surface area contributed by atoms with E-state index in [-0.39, 0.29) is 11.8 Å². The highest BCUT2D eigenvalue weighted by Gasteiger charge is 2.18. The molecule has 0 bridgehead atoms. The standard InChI is InChI=1S/C17H26N6O2/c1-3-13(4-2)17(24)18-5-6-23-16-14(11-21-23)15(19-12-20-16)22-7-9-25-10-8-22/h11-13H,3-10H2,1-2H3,(H,18,24). The molecule has 2 aromatic heterocycles. The molecule has 0 radical (unpaired) electrons. The summed E-state index contributed by atoms with van der Waals surface area (Å²) in [7, 11) is 0. The van der Waals surface area contributed by atoms with E-state index in [1.54, 1.807) is 6.33 Å². The number of carbonyl (C=O) groups is 1. The van der Waals surface area contributed by atoms with Gasteiger partial charge in [-0.2, -0.15) is 5.10 Å². The van der Waals surface area contributed by atoms with Gasteiger partial charge in [0.05, 0.1) is 31.3 Å². The van der Waals surface area contributed by atoms with E-state index in [9.17, 15) is 4.79 Å². The molecule has 1 aliphatic rings. The van der Waals surface area contributed by atoms with E-state index in [2.05, 4.69) is 25.3 Å². The summed E-state index contributed by atoms with van der Waals surface area (Å²) < 4.78 is 7.23. The Bertz CT molecular complexity index is 706. The fourth-order valence-electron chi connectivity index (χ4n) is 3.16. The van der Waals surface area contributed by atoms with Crippen LogP contribution in [0.3, 0.4) is 0 Å². The van der Waals surface area contributed by atoms with Gasteiger partial charge in [-0.3, -0.25) is 4.79 Å². The van der Waals surface area contributed by atoms with Gasteiger partial charge in [0.15, 0.2) is 5.65 Å². The van der Waals surface area contributed by atoms with Crippen LogP contribution in [0.2, 0.25) is 0 Å². The van der Waals surface area contributed by atoms with Gasteiger partial charge in [-0.25, -0.2) is 14.6 Å². The highest BCUT2D eigenvalue weighted by atomic mass is 16.5. The number of nitrogens with one attached hydrogen (secondary N) is 1. The van der Waals surface area contributed by atoms with Gasteiger partial charge in [-0.1, -0.05) is 13.8 Å². The number of rotatable bonds is 7. The molecule has 0 aromatic carbocycles. The fourth-order valence-corrected chi connectivity index (χ4v) is 3.16. The first kappa shape index (κ1) is 17.6. The van der Waals surface area contributed by atoms with E-state index in [0.29, 0.717) is 26.3 Å². The average Bonchev–Trinajstić information content (AvgIpc) is 3.07. The first-order valence-electron chi connectivity index (χ1n) is 9.01. The monoisotopic (exact) mass is 346 g/mol. The van der Waals surface area contributed by atoms with E-state index < -0.39 is 0 Å². The predicted octanol–water partition coefficient (Wildman–Crippen LogP) is 1.22. The minimum atomic E-state index is 0.0876. The predicted molar refractivity (Wildman–Crippen MR) is 95.4 cm³/mol. The number of ether oxygens (including phenoxy) is 1. The summed E-state index contributed by atoms with van der Waals surface area (Å²) in [6.07, 6.45) is 5.11. The molecule has 2 aromatic rings. The Labute approximate surface area is 147 Å². The Morgan fingerprint density at radius 1 is 1.28 bits per heavy atom. The van der Waals surface area contributed by atoms with Crippen molar-refractivity contribution >= 4 is 22.8 Å². The molecule has 1 amide bonds. The fraction of sp³-hybridized carbons (Fsp3) is 0.647. The van der Waals surface area contributed by atoms with Crippen molar-refractivity contribution in [2.75, 3.05) is 37.7 Å². The van der Waals surface area contributed by atoms with Crippen molar-refractivity contribution in [1.82, 2.24) is 25.1 Å². The molecular formula is C17H26N6O2. The average molecular weight is 346 g/mol. The maximum atomic E-state index is 12.1. The number of nitrogens with zero attached hydrogens (tertiary/aromatic N) is 5. The summed E-state index contributed by atoms with van der Waals surface area (Å²) in [5.74, 6) is 1.11. The number of hydrogen-bond donors (Lipinski definition) is 1. The van der Waals surface area contributed by atoms with Crippen LogP contribution in [0.15, 0.2) is 12.5 Å². The molecule has 0 spiro atoms. The third-order valence-corrected chi connectivity index (χ3v) is 4.70. The van der Waals surface area contributed by atoms with Crippen molar-refractivity contribution in [1.29, 1.82) is 0 Å². The van der Waals surface area contributed by atoms with E-state index in [4.69, 9.17) is 4.74 Å². The molecule has 1 saturated heterocycles. The van der Waals surface area contributed by atoms with E-state index in [1.165, 1.54) is 0 Å². The molecule has 0 atom stereocenters. The maximum Gasteiger partial charge on any atom is 0.223 e. The van der Waals surface area contributed by atoms with Crippen LogP contribution in [0.1, 0.15) is 26.7 Å². The number of hydrogen-bond acceptors (Lipinski definition) is 6. The SMILES string of the molecule is CCC(CC)C(=O)NCCn1ncc2c(N3CCOCC3)ncnc21. The van der Waals surface area contributed by atoms with Crippen LogP contribution >= 0.6 is 0 Å². The minimum Gasteiger partial charge on any atom is -0.378 e. The summed E-state index contributed by atoms with van der Waals surface area (Å²) in [6.45, 7) is 8.28. The summed E-state index contributed by atoms with van der Waals surface area (Å²) in [5.41, 5.74) is 0.799. The van der Waals surface area contributed by atoms with Gasteiger partial charge in [0.2, 0.25) is 5.91 Å². The Balaban J connectivity index is 1.68. The smallest absolute Gasteiger partial charge is 0.223 e. The van der Waals surface area contributed by atoms with Crippen molar-refractivity contribution in [2.45, 2.75) is 33.2 Å². The van der Waals surface area contributed by atoms with Gasteiger partial charge in [0.1, 0.15) is 12.1 Å².